The van der Waals surface area contributed by atoms with E-state index < -0.39 is 6.10 Å². The van der Waals surface area contributed by atoms with Crippen molar-refractivity contribution in [3.8, 4) is 11.7 Å². The van der Waals surface area contributed by atoms with E-state index in [2.05, 4.69) is 52.0 Å². The average molecular weight is 423 g/mol. The van der Waals surface area contributed by atoms with Crippen LogP contribution in [0.25, 0.3) is 5.69 Å². The van der Waals surface area contributed by atoms with Crippen molar-refractivity contribution in [2.45, 2.75) is 32.8 Å². The first-order valence-corrected chi connectivity index (χ1v) is 9.49. The van der Waals surface area contributed by atoms with Crippen molar-refractivity contribution >= 4 is 21.8 Å². The van der Waals surface area contributed by atoms with Gasteiger partial charge in [0, 0.05) is 17.6 Å². The van der Waals surface area contributed by atoms with E-state index in [-0.39, 0.29) is 11.9 Å². The van der Waals surface area contributed by atoms with Gasteiger partial charge in [0.25, 0.3) is 5.91 Å². The molecule has 0 aliphatic carbocycles. The SMILES string of the molecule is CC(Oc1ncn(-c2ccc(C(C)C)cc2Br)n1)C(=O)N1CCOCC1. The number of hydrogen-bond donors (Lipinski definition) is 0. The van der Waals surface area contributed by atoms with Crippen molar-refractivity contribution < 1.29 is 14.3 Å². The van der Waals surface area contributed by atoms with Crippen molar-refractivity contribution in [3.63, 3.8) is 0 Å². The van der Waals surface area contributed by atoms with Crippen molar-refractivity contribution in [2.24, 2.45) is 0 Å². The molecule has 0 spiro atoms. The number of nitrogens with zero attached hydrogens (tertiary/aromatic N) is 4. The summed E-state index contributed by atoms with van der Waals surface area (Å²) < 4.78 is 13.5. The molecule has 0 N–H and O–H groups in total. The second-order valence-electron chi connectivity index (χ2n) is 6.54. The lowest BCUT2D eigenvalue weighted by molar-refractivity contribution is -0.142. The van der Waals surface area contributed by atoms with Crippen molar-refractivity contribution in [1.82, 2.24) is 19.7 Å². The van der Waals surface area contributed by atoms with E-state index in [9.17, 15) is 4.79 Å². The Balaban J connectivity index is 1.68. The fourth-order valence-corrected chi connectivity index (χ4v) is 3.31. The molecule has 1 aliphatic rings. The summed E-state index contributed by atoms with van der Waals surface area (Å²) in [6.07, 6.45) is 0.937. The maximum Gasteiger partial charge on any atom is 0.336 e. The maximum absolute atomic E-state index is 12.4. The Hall–Kier alpha value is -1.93. The molecule has 1 fully saturated rings. The topological polar surface area (TPSA) is 69.5 Å². The fourth-order valence-electron chi connectivity index (χ4n) is 2.74. The number of aromatic nitrogens is 3. The molecule has 7 nitrogen and oxygen atoms in total. The van der Waals surface area contributed by atoms with Gasteiger partial charge in [0.05, 0.1) is 18.9 Å². The van der Waals surface area contributed by atoms with E-state index in [4.69, 9.17) is 9.47 Å². The molecule has 140 valence electrons. The summed E-state index contributed by atoms with van der Waals surface area (Å²) in [6, 6.07) is 6.31. The first-order valence-electron chi connectivity index (χ1n) is 8.70. The first-order chi connectivity index (χ1) is 12.5. The van der Waals surface area contributed by atoms with Gasteiger partial charge in [-0.2, -0.15) is 4.98 Å². The van der Waals surface area contributed by atoms with Gasteiger partial charge in [0.2, 0.25) is 0 Å². The molecule has 0 bridgehead atoms. The molecule has 3 rings (SSSR count). The standard InChI is InChI=1S/C18H23BrN4O3/c1-12(2)14-4-5-16(15(19)10-14)23-11-20-18(21-23)26-13(3)17(24)22-6-8-25-9-7-22/h4-5,10-13H,6-9H2,1-3H3. The van der Waals surface area contributed by atoms with E-state index in [1.165, 1.54) is 5.56 Å². The number of halogens is 1. The summed E-state index contributed by atoms with van der Waals surface area (Å²) in [5.41, 5.74) is 2.10. The van der Waals surface area contributed by atoms with Crippen LogP contribution in [0.1, 0.15) is 32.3 Å². The molecule has 0 saturated carbocycles. The van der Waals surface area contributed by atoms with Crippen LogP contribution in [0.5, 0.6) is 6.01 Å². The smallest absolute Gasteiger partial charge is 0.336 e. The predicted molar refractivity (Wildman–Crippen MR) is 101 cm³/mol. The molecule has 1 amide bonds. The Morgan fingerprint density at radius 3 is 2.65 bits per heavy atom. The number of hydrogen-bond acceptors (Lipinski definition) is 5. The molecule has 8 heteroatoms. The van der Waals surface area contributed by atoms with Crippen LogP contribution < -0.4 is 4.74 Å². The molecule has 1 atom stereocenters. The van der Waals surface area contributed by atoms with Crippen LogP contribution >= 0.6 is 15.9 Å². The summed E-state index contributed by atoms with van der Waals surface area (Å²) in [4.78, 5) is 18.3. The second-order valence-corrected chi connectivity index (χ2v) is 7.39. The number of carbonyl (C=O) groups is 1. The lowest BCUT2D eigenvalue weighted by Crippen LogP contribution is -2.46. The third kappa shape index (κ3) is 4.24. The Labute approximate surface area is 161 Å². The van der Waals surface area contributed by atoms with Gasteiger partial charge in [0.1, 0.15) is 6.33 Å². The molecule has 1 aliphatic heterocycles. The lowest BCUT2D eigenvalue weighted by Gasteiger charge is -2.28. The normalized spacial score (nSPS) is 16.0. The predicted octanol–water partition coefficient (Wildman–Crippen LogP) is 2.78. The molecular formula is C18H23BrN4O3. The van der Waals surface area contributed by atoms with E-state index in [1.807, 2.05) is 6.07 Å². The summed E-state index contributed by atoms with van der Waals surface area (Å²) in [7, 11) is 0. The average Bonchev–Trinajstić information content (AvgIpc) is 3.09. The quantitative estimate of drug-likeness (QED) is 0.740. The lowest BCUT2D eigenvalue weighted by atomic mass is 10.0. The van der Waals surface area contributed by atoms with Crippen LogP contribution in [0.15, 0.2) is 29.0 Å². The number of morpholine rings is 1. The number of rotatable bonds is 5. The van der Waals surface area contributed by atoms with Crippen LogP contribution in [0.3, 0.4) is 0 Å². The summed E-state index contributed by atoms with van der Waals surface area (Å²) in [6.45, 7) is 8.31. The largest absolute Gasteiger partial charge is 0.449 e. The zero-order valence-corrected chi connectivity index (χ0v) is 16.8. The van der Waals surface area contributed by atoms with Gasteiger partial charge in [-0.25, -0.2) is 4.68 Å². The summed E-state index contributed by atoms with van der Waals surface area (Å²) in [5, 5.41) is 4.34. The van der Waals surface area contributed by atoms with Gasteiger partial charge in [-0.1, -0.05) is 19.9 Å². The number of benzene rings is 1. The highest BCUT2D eigenvalue weighted by molar-refractivity contribution is 9.10. The van der Waals surface area contributed by atoms with Gasteiger partial charge in [-0.15, -0.1) is 5.10 Å². The molecule has 0 radical (unpaired) electrons. The Bertz CT molecular complexity index is 772. The maximum atomic E-state index is 12.4. The molecular weight excluding hydrogens is 400 g/mol. The highest BCUT2D eigenvalue weighted by atomic mass is 79.9. The summed E-state index contributed by atoms with van der Waals surface area (Å²) >= 11 is 3.59. The molecule has 1 unspecified atom stereocenters. The second kappa shape index (κ2) is 8.18. The Kier molecular flexibility index (Phi) is 5.93. The molecule has 1 aromatic heterocycles. The number of amides is 1. The van der Waals surface area contributed by atoms with Crippen LogP contribution in [0, 0.1) is 0 Å². The van der Waals surface area contributed by atoms with E-state index in [1.54, 1.807) is 22.8 Å². The van der Waals surface area contributed by atoms with Gasteiger partial charge >= 0.3 is 6.01 Å². The summed E-state index contributed by atoms with van der Waals surface area (Å²) in [5.74, 6) is 0.370. The van der Waals surface area contributed by atoms with E-state index in [0.717, 1.165) is 10.2 Å². The number of carbonyl (C=O) groups excluding carboxylic acids is 1. The van der Waals surface area contributed by atoms with Crippen LogP contribution in [0.4, 0.5) is 0 Å². The minimum atomic E-state index is -0.643. The monoisotopic (exact) mass is 422 g/mol. The van der Waals surface area contributed by atoms with Crippen LogP contribution in [0.2, 0.25) is 0 Å². The van der Waals surface area contributed by atoms with Crippen molar-refractivity contribution in [1.29, 1.82) is 0 Å². The highest BCUT2D eigenvalue weighted by Crippen LogP contribution is 2.26. The van der Waals surface area contributed by atoms with Gasteiger partial charge in [0.15, 0.2) is 6.10 Å². The molecule has 26 heavy (non-hydrogen) atoms. The third-order valence-corrected chi connectivity index (χ3v) is 4.94. The highest BCUT2D eigenvalue weighted by Gasteiger charge is 2.25. The van der Waals surface area contributed by atoms with Crippen molar-refractivity contribution in [2.75, 3.05) is 26.3 Å². The Morgan fingerprint density at radius 2 is 2.00 bits per heavy atom. The molecule has 2 heterocycles. The molecule has 1 aromatic carbocycles. The molecule has 2 aromatic rings. The first kappa shape index (κ1) is 18.8. The molecule has 1 saturated heterocycles. The van der Waals surface area contributed by atoms with Crippen molar-refractivity contribution in [3.05, 3.63) is 34.6 Å². The van der Waals surface area contributed by atoms with Gasteiger partial charge in [-0.05, 0) is 46.5 Å². The third-order valence-electron chi connectivity index (χ3n) is 4.31. The van der Waals surface area contributed by atoms with E-state index >= 15 is 0 Å². The number of ether oxygens (including phenoxy) is 2. The van der Waals surface area contributed by atoms with E-state index in [0.29, 0.717) is 32.2 Å². The van der Waals surface area contributed by atoms with Crippen LogP contribution in [-0.4, -0.2) is 58.0 Å². The fraction of sp³-hybridized carbons (Fsp3) is 0.500. The zero-order chi connectivity index (χ0) is 18.7. The minimum Gasteiger partial charge on any atom is -0.449 e. The zero-order valence-electron chi connectivity index (χ0n) is 15.2. The van der Waals surface area contributed by atoms with Gasteiger partial charge < -0.3 is 14.4 Å². The Morgan fingerprint density at radius 1 is 1.27 bits per heavy atom. The minimum absolute atomic E-state index is 0.0767. The van der Waals surface area contributed by atoms with Gasteiger partial charge in [-0.3, -0.25) is 4.79 Å². The van der Waals surface area contributed by atoms with Crippen LogP contribution in [-0.2, 0) is 9.53 Å².